The van der Waals surface area contributed by atoms with Crippen molar-refractivity contribution in [2.45, 2.75) is 25.3 Å². The molecule has 0 aliphatic rings. The molecule has 0 radical (unpaired) electrons. The van der Waals surface area contributed by atoms with Gasteiger partial charge in [0.25, 0.3) is 10.0 Å². The number of halogens is 2. The van der Waals surface area contributed by atoms with Gasteiger partial charge in [0.2, 0.25) is 0 Å². The second-order valence-electron chi connectivity index (χ2n) is 5.43. The van der Waals surface area contributed by atoms with Crippen LogP contribution in [0, 0.1) is 6.92 Å². The third kappa shape index (κ3) is 3.27. The van der Waals surface area contributed by atoms with Crippen LogP contribution in [-0.4, -0.2) is 13.0 Å². The summed E-state index contributed by atoms with van der Waals surface area (Å²) in [6.07, 6.45) is 0. The summed E-state index contributed by atoms with van der Waals surface area (Å²) in [4.78, 5) is 11.6. The van der Waals surface area contributed by atoms with Crippen LogP contribution < -0.4 is 10.5 Å². The van der Waals surface area contributed by atoms with Gasteiger partial charge in [0, 0.05) is 17.6 Å². The molecule has 132 valence electrons. The van der Waals surface area contributed by atoms with Gasteiger partial charge in [-0.25, -0.2) is 13.2 Å². The Morgan fingerprint density at radius 3 is 2.52 bits per heavy atom. The molecule has 9 heteroatoms. The van der Waals surface area contributed by atoms with Crippen molar-refractivity contribution >= 4 is 50.0 Å². The van der Waals surface area contributed by atoms with Crippen LogP contribution in [0.3, 0.4) is 0 Å². The van der Waals surface area contributed by atoms with E-state index in [-0.39, 0.29) is 15.5 Å². The number of sulfonamides is 1. The Morgan fingerprint density at radius 2 is 1.88 bits per heavy atom. The van der Waals surface area contributed by atoms with Crippen molar-refractivity contribution in [3.05, 3.63) is 56.5 Å². The van der Waals surface area contributed by atoms with Gasteiger partial charge in [0.05, 0.1) is 16.2 Å². The second kappa shape index (κ2) is 6.40. The summed E-state index contributed by atoms with van der Waals surface area (Å²) in [5, 5.41) is 0.425. The van der Waals surface area contributed by atoms with Gasteiger partial charge >= 0.3 is 5.76 Å². The zero-order chi connectivity index (χ0) is 18.4. The Morgan fingerprint density at radius 1 is 1.16 bits per heavy atom. The third-order valence-electron chi connectivity index (χ3n) is 3.75. The fraction of sp³-hybridized carbons (Fsp3) is 0.188. The number of hydrogen-bond acceptors (Lipinski definition) is 4. The lowest BCUT2D eigenvalue weighted by Gasteiger charge is -2.10. The van der Waals surface area contributed by atoms with Gasteiger partial charge in [0.1, 0.15) is 4.90 Å². The molecule has 0 saturated carbocycles. The van der Waals surface area contributed by atoms with Crippen molar-refractivity contribution in [2.75, 3.05) is 4.72 Å². The fourth-order valence-electron chi connectivity index (χ4n) is 2.44. The maximum absolute atomic E-state index is 12.7. The molecule has 3 aromatic rings. The summed E-state index contributed by atoms with van der Waals surface area (Å²) < 4.78 is 34.2. The first-order valence-corrected chi connectivity index (χ1v) is 9.58. The van der Waals surface area contributed by atoms with E-state index in [4.69, 9.17) is 27.6 Å². The van der Waals surface area contributed by atoms with Crippen LogP contribution in [-0.2, 0) is 16.6 Å². The van der Waals surface area contributed by atoms with Gasteiger partial charge in [-0.15, -0.1) is 0 Å². The van der Waals surface area contributed by atoms with E-state index in [0.717, 1.165) is 5.56 Å². The van der Waals surface area contributed by atoms with E-state index in [2.05, 4.69) is 4.72 Å². The van der Waals surface area contributed by atoms with Crippen LogP contribution >= 0.6 is 23.2 Å². The third-order valence-corrected chi connectivity index (χ3v) is 6.00. The van der Waals surface area contributed by atoms with Crippen LogP contribution in [0.2, 0.25) is 10.0 Å². The molecular weight excluding hydrogens is 387 g/mol. The zero-order valence-corrected chi connectivity index (χ0v) is 15.7. The Kier molecular flexibility index (Phi) is 4.57. The molecule has 6 nitrogen and oxygen atoms in total. The molecule has 3 rings (SSSR count). The van der Waals surface area contributed by atoms with E-state index < -0.39 is 15.8 Å². The zero-order valence-electron chi connectivity index (χ0n) is 13.3. The van der Waals surface area contributed by atoms with Gasteiger partial charge in [-0.2, -0.15) is 0 Å². The van der Waals surface area contributed by atoms with E-state index in [1.807, 2.05) is 6.92 Å². The molecule has 1 aromatic heterocycles. The van der Waals surface area contributed by atoms with Crippen molar-refractivity contribution in [1.82, 2.24) is 4.57 Å². The van der Waals surface area contributed by atoms with Crippen LogP contribution in [0.4, 0.5) is 5.69 Å². The molecule has 25 heavy (non-hydrogen) atoms. The predicted octanol–water partition coefficient (Wildman–Crippen LogP) is 4.03. The summed E-state index contributed by atoms with van der Waals surface area (Å²) in [5.74, 6) is -0.568. The minimum absolute atomic E-state index is 0.0128. The summed E-state index contributed by atoms with van der Waals surface area (Å²) in [6, 6.07) is 7.45. The summed E-state index contributed by atoms with van der Waals surface area (Å²) in [5.41, 5.74) is 1.72. The molecule has 0 saturated heterocycles. The average molecular weight is 401 g/mol. The van der Waals surface area contributed by atoms with Crippen molar-refractivity contribution in [2.24, 2.45) is 0 Å². The lowest BCUT2D eigenvalue weighted by Crippen LogP contribution is -2.14. The molecule has 1 heterocycles. The lowest BCUT2D eigenvalue weighted by molar-refractivity contribution is 0.512. The maximum atomic E-state index is 12.7. The van der Waals surface area contributed by atoms with Crippen LogP contribution in [0.25, 0.3) is 11.1 Å². The number of hydrogen-bond donors (Lipinski definition) is 1. The topological polar surface area (TPSA) is 81.3 Å². The van der Waals surface area contributed by atoms with Crippen molar-refractivity contribution in [3.8, 4) is 0 Å². The average Bonchev–Trinajstić information content (AvgIpc) is 2.84. The highest BCUT2D eigenvalue weighted by Crippen LogP contribution is 2.29. The largest absolute Gasteiger partial charge is 0.419 e. The van der Waals surface area contributed by atoms with Gasteiger partial charge in [-0.05, 0) is 37.6 Å². The van der Waals surface area contributed by atoms with Gasteiger partial charge in [-0.3, -0.25) is 9.29 Å². The van der Waals surface area contributed by atoms with Crippen molar-refractivity contribution < 1.29 is 12.8 Å². The highest BCUT2D eigenvalue weighted by atomic mass is 35.5. The maximum Gasteiger partial charge on any atom is 0.419 e. The molecule has 0 aliphatic heterocycles. The predicted molar refractivity (Wildman–Crippen MR) is 98.2 cm³/mol. The molecule has 0 bridgehead atoms. The lowest BCUT2D eigenvalue weighted by atomic mass is 10.2. The smallest absolute Gasteiger partial charge is 0.408 e. The highest BCUT2D eigenvalue weighted by molar-refractivity contribution is 7.92. The molecule has 0 aliphatic carbocycles. The normalized spacial score (nSPS) is 11.8. The number of rotatable bonds is 4. The molecule has 0 spiro atoms. The molecule has 0 fully saturated rings. The van der Waals surface area contributed by atoms with E-state index in [1.165, 1.54) is 22.8 Å². The first-order valence-electron chi connectivity index (χ1n) is 7.35. The van der Waals surface area contributed by atoms with Crippen LogP contribution in [0.1, 0.15) is 12.5 Å². The number of anilines is 1. The minimum Gasteiger partial charge on any atom is -0.408 e. The van der Waals surface area contributed by atoms with E-state index in [0.29, 0.717) is 22.8 Å². The minimum atomic E-state index is -3.99. The second-order valence-corrected chi connectivity index (χ2v) is 7.90. The molecule has 1 N–H and O–H groups in total. The quantitative estimate of drug-likeness (QED) is 0.716. The van der Waals surface area contributed by atoms with Crippen LogP contribution in [0.5, 0.6) is 0 Å². The van der Waals surface area contributed by atoms with Gasteiger partial charge < -0.3 is 4.42 Å². The Hall–Kier alpha value is -1.96. The van der Waals surface area contributed by atoms with Crippen molar-refractivity contribution in [3.63, 3.8) is 0 Å². The number of nitrogens with one attached hydrogen (secondary N) is 1. The van der Waals surface area contributed by atoms with Crippen molar-refractivity contribution in [1.29, 1.82) is 0 Å². The number of oxazole rings is 1. The van der Waals surface area contributed by atoms with E-state index in [1.54, 1.807) is 19.1 Å². The summed E-state index contributed by atoms with van der Waals surface area (Å²) in [6.45, 7) is 3.97. The molecule has 0 amide bonds. The van der Waals surface area contributed by atoms with Crippen LogP contribution in [0.15, 0.2) is 44.4 Å². The summed E-state index contributed by atoms with van der Waals surface area (Å²) >= 11 is 12.2. The number of benzene rings is 2. The first kappa shape index (κ1) is 17.8. The molecule has 0 unspecified atom stereocenters. The number of fused-ring (bicyclic) bond motifs is 1. The Labute approximate surface area is 154 Å². The summed E-state index contributed by atoms with van der Waals surface area (Å²) in [7, 11) is -3.99. The van der Waals surface area contributed by atoms with E-state index in [9.17, 15) is 13.2 Å². The standard InChI is InChI=1S/C16H14Cl2N2O4S/c1-3-20-13-7-12(18)15(8-14(13)24-16(20)21)25(22,23)19-10-5-4-9(2)11(17)6-10/h4-8,19H,3H2,1-2H3. The Bertz CT molecular complexity index is 1130. The number of aryl methyl sites for hydroxylation is 2. The fourth-order valence-corrected chi connectivity index (χ4v) is 4.20. The van der Waals surface area contributed by atoms with E-state index >= 15 is 0 Å². The molecular formula is C16H14Cl2N2O4S. The first-order chi connectivity index (χ1) is 11.7. The van der Waals surface area contributed by atoms with Gasteiger partial charge in [-0.1, -0.05) is 29.3 Å². The molecule has 2 aromatic carbocycles. The molecule has 0 atom stereocenters. The highest BCUT2D eigenvalue weighted by Gasteiger charge is 2.22. The SMILES string of the molecule is CCn1c(=O)oc2cc(S(=O)(=O)Nc3ccc(C)c(Cl)c3)c(Cl)cc21. The monoisotopic (exact) mass is 400 g/mol. The number of aromatic nitrogens is 1. The van der Waals surface area contributed by atoms with Gasteiger partial charge in [0.15, 0.2) is 5.58 Å². The number of nitrogens with zero attached hydrogens (tertiary/aromatic N) is 1. The Balaban J connectivity index is 2.09.